The molecule has 180 valence electrons. The molecule has 1 aromatic heterocycles. The van der Waals surface area contributed by atoms with Gasteiger partial charge in [0.15, 0.2) is 0 Å². The van der Waals surface area contributed by atoms with E-state index in [-0.39, 0.29) is 12.6 Å². The lowest BCUT2D eigenvalue weighted by molar-refractivity contribution is -0.137. The molecule has 0 aliphatic carbocycles. The standard InChI is InChI=1S/C24H24ClF3N4O2/c1-2-33-13-14-34-23-30-20-15-32(21-6-4-3-5-19(21)25)12-11-18(20)22(31-23)29-17-9-7-16(8-10-17)24(26,27)28/h3-10H,2,11-15H2,1H3,(H,29,30,31). The number of para-hydroxylation sites is 1. The minimum Gasteiger partial charge on any atom is -0.461 e. The van der Waals surface area contributed by atoms with Gasteiger partial charge in [-0.15, -0.1) is 0 Å². The number of alkyl halides is 3. The number of halogens is 4. The molecule has 6 nitrogen and oxygen atoms in total. The van der Waals surface area contributed by atoms with Crippen LogP contribution in [0.5, 0.6) is 6.01 Å². The van der Waals surface area contributed by atoms with Crippen LogP contribution in [-0.4, -0.2) is 36.3 Å². The van der Waals surface area contributed by atoms with Crippen LogP contribution in [0.25, 0.3) is 0 Å². The van der Waals surface area contributed by atoms with Crippen molar-refractivity contribution in [1.82, 2.24) is 9.97 Å². The number of anilines is 3. The molecule has 0 radical (unpaired) electrons. The normalized spacial score (nSPS) is 13.5. The van der Waals surface area contributed by atoms with E-state index >= 15 is 0 Å². The van der Waals surface area contributed by atoms with Crippen molar-refractivity contribution in [3.05, 3.63) is 70.4 Å². The number of hydrogen-bond donors (Lipinski definition) is 1. The van der Waals surface area contributed by atoms with E-state index in [0.29, 0.717) is 49.3 Å². The van der Waals surface area contributed by atoms with Crippen LogP contribution in [-0.2, 0) is 23.9 Å². The molecule has 0 amide bonds. The first kappa shape index (κ1) is 24.1. The number of ether oxygens (including phenoxy) is 2. The minimum atomic E-state index is -4.39. The lowest BCUT2D eigenvalue weighted by atomic mass is 10.0. The van der Waals surface area contributed by atoms with E-state index in [4.69, 9.17) is 21.1 Å². The number of aromatic nitrogens is 2. The molecule has 34 heavy (non-hydrogen) atoms. The molecule has 0 spiro atoms. The molecule has 0 bridgehead atoms. The molecule has 1 N–H and O–H groups in total. The molecular formula is C24H24ClF3N4O2. The van der Waals surface area contributed by atoms with Crippen LogP contribution in [0.15, 0.2) is 48.5 Å². The maximum atomic E-state index is 12.9. The molecule has 1 aliphatic rings. The molecule has 0 unspecified atom stereocenters. The summed E-state index contributed by atoms with van der Waals surface area (Å²) in [7, 11) is 0. The molecule has 3 aromatic rings. The summed E-state index contributed by atoms with van der Waals surface area (Å²) in [4.78, 5) is 11.2. The second-order valence-corrected chi connectivity index (χ2v) is 8.06. The van der Waals surface area contributed by atoms with Crippen molar-refractivity contribution in [2.45, 2.75) is 26.1 Å². The maximum Gasteiger partial charge on any atom is 0.416 e. The average Bonchev–Trinajstić information content (AvgIpc) is 2.81. The van der Waals surface area contributed by atoms with Crippen LogP contribution in [0.1, 0.15) is 23.7 Å². The van der Waals surface area contributed by atoms with Gasteiger partial charge in [-0.25, -0.2) is 0 Å². The molecule has 0 saturated carbocycles. The molecule has 2 heterocycles. The van der Waals surface area contributed by atoms with Crippen molar-refractivity contribution < 1.29 is 22.6 Å². The third kappa shape index (κ3) is 5.71. The first-order chi connectivity index (χ1) is 16.3. The Kier molecular flexibility index (Phi) is 7.43. The van der Waals surface area contributed by atoms with Crippen LogP contribution in [0.2, 0.25) is 5.02 Å². The topological polar surface area (TPSA) is 59.5 Å². The highest BCUT2D eigenvalue weighted by atomic mass is 35.5. The Morgan fingerprint density at radius 2 is 1.82 bits per heavy atom. The SMILES string of the molecule is CCOCCOc1nc2c(c(Nc3ccc(C(F)(F)F)cc3)n1)CCN(c1ccccc1Cl)C2. The summed E-state index contributed by atoms with van der Waals surface area (Å²) < 4.78 is 49.8. The Morgan fingerprint density at radius 3 is 2.53 bits per heavy atom. The lowest BCUT2D eigenvalue weighted by Crippen LogP contribution is -2.32. The van der Waals surface area contributed by atoms with Gasteiger partial charge >= 0.3 is 12.2 Å². The number of rotatable bonds is 8. The molecule has 0 saturated heterocycles. The molecule has 0 fully saturated rings. The molecule has 4 rings (SSSR count). The van der Waals surface area contributed by atoms with Gasteiger partial charge in [0.05, 0.1) is 35.1 Å². The molecule has 1 aliphatic heterocycles. The van der Waals surface area contributed by atoms with Crippen molar-refractivity contribution in [2.75, 3.05) is 36.6 Å². The predicted octanol–water partition coefficient (Wildman–Crippen LogP) is 5.87. The fourth-order valence-corrected chi connectivity index (χ4v) is 3.96. The van der Waals surface area contributed by atoms with Gasteiger partial charge < -0.3 is 19.7 Å². The number of fused-ring (bicyclic) bond motifs is 1. The van der Waals surface area contributed by atoms with Gasteiger partial charge in [-0.3, -0.25) is 0 Å². The van der Waals surface area contributed by atoms with E-state index in [2.05, 4.69) is 20.2 Å². The van der Waals surface area contributed by atoms with Crippen molar-refractivity contribution >= 4 is 28.8 Å². The number of nitrogens with zero attached hydrogens (tertiary/aromatic N) is 3. The second kappa shape index (κ2) is 10.5. The summed E-state index contributed by atoms with van der Waals surface area (Å²) in [6.07, 6.45) is -3.76. The Morgan fingerprint density at radius 1 is 1.06 bits per heavy atom. The predicted molar refractivity (Wildman–Crippen MR) is 125 cm³/mol. The first-order valence-electron chi connectivity index (χ1n) is 10.9. The molecule has 2 aromatic carbocycles. The molecule has 10 heteroatoms. The third-order valence-corrected chi connectivity index (χ3v) is 5.70. The van der Waals surface area contributed by atoms with Gasteiger partial charge in [-0.05, 0) is 49.7 Å². The Bertz CT molecular complexity index is 1130. The summed E-state index contributed by atoms with van der Waals surface area (Å²) in [5, 5.41) is 3.79. The van der Waals surface area contributed by atoms with E-state index in [1.807, 2.05) is 31.2 Å². The van der Waals surface area contributed by atoms with Gasteiger partial charge in [-0.2, -0.15) is 23.1 Å². The van der Waals surface area contributed by atoms with Crippen LogP contribution < -0.4 is 15.0 Å². The minimum absolute atomic E-state index is 0.175. The largest absolute Gasteiger partial charge is 0.461 e. The number of benzene rings is 2. The highest BCUT2D eigenvalue weighted by Gasteiger charge is 2.30. The van der Waals surface area contributed by atoms with Crippen molar-refractivity contribution in [3.63, 3.8) is 0 Å². The van der Waals surface area contributed by atoms with E-state index in [9.17, 15) is 13.2 Å². The zero-order chi connectivity index (χ0) is 24.1. The Hall–Kier alpha value is -3.04. The van der Waals surface area contributed by atoms with Gasteiger partial charge in [0.25, 0.3) is 0 Å². The van der Waals surface area contributed by atoms with Crippen LogP contribution in [0.4, 0.5) is 30.4 Å². The highest BCUT2D eigenvalue weighted by molar-refractivity contribution is 6.33. The summed E-state index contributed by atoms with van der Waals surface area (Å²) in [5.41, 5.74) is 2.34. The quantitative estimate of drug-likeness (QED) is 0.397. The zero-order valence-electron chi connectivity index (χ0n) is 18.5. The van der Waals surface area contributed by atoms with Crippen molar-refractivity contribution in [3.8, 4) is 6.01 Å². The lowest BCUT2D eigenvalue weighted by Gasteiger charge is -2.31. The number of hydrogen-bond acceptors (Lipinski definition) is 6. The molecule has 0 atom stereocenters. The summed E-state index contributed by atoms with van der Waals surface area (Å²) in [5.74, 6) is 0.509. The second-order valence-electron chi connectivity index (χ2n) is 7.65. The first-order valence-corrected chi connectivity index (χ1v) is 11.3. The van der Waals surface area contributed by atoms with Crippen LogP contribution in [0, 0.1) is 0 Å². The smallest absolute Gasteiger partial charge is 0.416 e. The van der Waals surface area contributed by atoms with Crippen molar-refractivity contribution in [1.29, 1.82) is 0 Å². The van der Waals surface area contributed by atoms with Gasteiger partial charge in [0.2, 0.25) is 0 Å². The van der Waals surface area contributed by atoms with Crippen LogP contribution >= 0.6 is 11.6 Å². The average molecular weight is 493 g/mol. The summed E-state index contributed by atoms with van der Waals surface area (Å²) in [6, 6.07) is 12.6. The molecular weight excluding hydrogens is 469 g/mol. The summed E-state index contributed by atoms with van der Waals surface area (Å²) >= 11 is 6.39. The van der Waals surface area contributed by atoms with E-state index < -0.39 is 11.7 Å². The van der Waals surface area contributed by atoms with E-state index in [1.165, 1.54) is 12.1 Å². The Balaban J connectivity index is 1.61. The van der Waals surface area contributed by atoms with Gasteiger partial charge in [0.1, 0.15) is 12.4 Å². The van der Waals surface area contributed by atoms with Crippen molar-refractivity contribution in [2.24, 2.45) is 0 Å². The zero-order valence-corrected chi connectivity index (χ0v) is 19.3. The number of nitrogens with one attached hydrogen (secondary N) is 1. The van der Waals surface area contributed by atoms with Gasteiger partial charge in [0, 0.05) is 24.4 Å². The monoisotopic (exact) mass is 492 g/mol. The Labute approximate surface area is 200 Å². The third-order valence-electron chi connectivity index (χ3n) is 5.38. The highest BCUT2D eigenvalue weighted by Crippen LogP contribution is 2.34. The fraction of sp³-hybridized carbons (Fsp3) is 0.333. The summed E-state index contributed by atoms with van der Waals surface area (Å²) in [6.45, 7) is 4.31. The maximum absolute atomic E-state index is 12.9. The fourth-order valence-electron chi connectivity index (χ4n) is 3.71. The van der Waals surface area contributed by atoms with Crippen LogP contribution in [0.3, 0.4) is 0 Å². The van der Waals surface area contributed by atoms with Gasteiger partial charge in [-0.1, -0.05) is 23.7 Å². The van der Waals surface area contributed by atoms with E-state index in [1.54, 1.807) is 0 Å². The van der Waals surface area contributed by atoms with E-state index in [0.717, 1.165) is 29.1 Å².